The molecule has 3 amide bonds. The summed E-state index contributed by atoms with van der Waals surface area (Å²) in [5, 5.41) is 5.55. The van der Waals surface area contributed by atoms with Gasteiger partial charge in [-0.05, 0) is 24.1 Å². The minimum absolute atomic E-state index is 0.0301. The van der Waals surface area contributed by atoms with E-state index in [2.05, 4.69) is 17.6 Å². The lowest BCUT2D eigenvalue weighted by Gasteiger charge is -2.17. The molecule has 1 aliphatic rings. The van der Waals surface area contributed by atoms with Crippen molar-refractivity contribution in [2.75, 3.05) is 24.5 Å². The van der Waals surface area contributed by atoms with Gasteiger partial charge in [-0.25, -0.2) is 0 Å². The SMILES string of the molecule is CCc1ccc(N2C[C@@H](C(=O)NCCNC(=O)C(C)C)CC2=O)cc1. The molecule has 1 aromatic rings. The van der Waals surface area contributed by atoms with E-state index in [9.17, 15) is 14.4 Å². The summed E-state index contributed by atoms with van der Waals surface area (Å²) in [4.78, 5) is 37.6. The number of rotatable bonds is 7. The van der Waals surface area contributed by atoms with Gasteiger partial charge in [0.05, 0.1) is 5.92 Å². The summed E-state index contributed by atoms with van der Waals surface area (Å²) in [5.41, 5.74) is 2.05. The minimum atomic E-state index is -0.348. The van der Waals surface area contributed by atoms with Crippen molar-refractivity contribution >= 4 is 23.4 Å². The van der Waals surface area contributed by atoms with Crippen LogP contribution in [-0.4, -0.2) is 37.4 Å². The highest BCUT2D eigenvalue weighted by atomic mass is 16.2. The zero-order valence-electron chi connectivity index (χ0n) is 15.2. The van der Waals surface area contributed by atoms with Crippen LogP contribution in [0.4, 0.5) is 5.69 Å². The lowest BCUT2D eigenvalue weighted by atomic mass is 10.1. The van der Waals surface area contributed by atoms with Crippen molar-refractivity contribution in [3.05, 3.63) is 29.8 Å². The Kier molecular flexibility index (Phi) is 6.56. The minimum Gasteiger partial charge on any atom is -0.354 e. The Bertz CT molecular complexity index is 625. The Balaban J connectivity index is 1.82. The highest BCUT2D eigenvalue weighted by molar-refractivity contribution is 6.00. The van der Waals surface area contributed by atoms with Gasteiger partial charge in [-0.3, -0.25) is 14.4 Å². The first-order chi connectivity index (χ1) is 11.9. The van der Waals surface area contributed by atoms with E-state index in [1.807, 2.05) is 38.1 Å². The Hall–Kier alpha value is -2.37. The monoisotopic (exact) mass is 345 g/mol. The van der Waals surface area contributed by atoms with Crippen molar-refractivity contribution in [2.45, 2.75) is 33.6 Å². The number of aryl methyl sites for hydroxylation is 1. The number of carbonyl (C=O) groups excluding carboxylic acids is 3. The molecule has 0 spiro atoms. The molecule has 0 bridgehead atoms. The van der Waals surface area contributed by atoms with E-state index in [1.165, 1.54) is 5.56 Å². The highest BCUT2D eigenvalue weighted by Crippen LogP contribution is 2.25. The zero-order valence-corrected chi connectivity index (χ0v) is 15.2. The second-order valence-electron chi connectivity index (χ2n) is 6.66. The second-order valence-corrected chi connectivity index (χ2v) is 6.66. The normalized spacial score (nSPS) is 17.0. The van der Waals surface area contributed by atoms with Crippen LogP contribution in [0.25, 0.3) is 0 Å². The maximum atomic E-state index is 12.2. The topological polar surface area (TPSA) is 78.5 Å². The lowest BCUT2D eigenvalue weighted by Crippen LogP contribution is -2.39. The maximum Gasteiger partial charge on any atom is 0.227 e. The van der Waals surface area contributed by atoms with Crippen LogP contribution in [0.2, 0.25) is 0 Å². The van der Waals surface area contributed by atoms with Gasteiger partial charge in [-0.15, -0.1) is 0 Å². The van der Waals surface area contributed by atoms with Crippen LogP contribution in [0.3, 0.4) is 0 Å². The van der Waals surface area contributed by atoms with Gasteiger partial charge >= 0.3 is 0 Å². The van der Waals surface area contributed by atoms with Crippen LogP contribution in [0.1, 0.15) is 32.8 Å². The summed E-state index contributed by atoms with van der Waals surface area (Å²) in [5.74, 6) is -0.626. The van der Waals surface area contributed by atoms with Crippen molar-refractivity contribution in [2.24, 2.45) is 11.8 Å². The van der Waals surface area contributed by atoms with Crippen molar-refractivity contribution in [3.8, 4) is 0 Å². The summed E-state index contributed by atoms with van der Waals surface area (Å²) >= 11 is 0. The molecule has 0 radical (unpaired) electrons. The molecule has 1 fully saturated rings. The molecule has 2 N–H and O–H groups in total. The van der Waals surface area contributed by atoms with Gasteiger partial charge in [0.15, 0.2) is 0 Å². The van der Waals surface area contributed by atoms with E-state index in [-0.39, 0.29) is 36.0 Å². The van der Waals surface area contributed by atoms with E-state index in [0.29, 0.717) is 19.6 Å². The van der Waals surface area contributed by atoms with Crippen LogP contribution in [0.15, 0.2) is 24.3 Å². The Labute approximate surface area is 149 Å². The number of carbonyl (C=O) groups is 3. The average molecular weight is 345 g/mol. The third-order valence-corrected chi connectivity index (χ3v) is 4.40. The zero-order chi connectivity index (χ0) is 18.4. The predicted octanol–water partition coefficient (Wildman–Crippen LogP) is 1.49. The smallest absolute Gasteiger partial charge is 0.227 e. The summed E-state index contributed by atoms with van der Waals surface area (Å²) in [7, 11) is 0. The fourth-order valence-corrected chi connectivity index (χ4v) is 2.76. The Morgan fingerprint density at radius 2 is 1.80 bits per heavy atom. The molecule has 2 rings (SSSR count). The van der Waals surface area contributed by atoms with Gasteiger partial charge in [0.2, 0.25) is 17.7 Å². The van der Waals surface area contributed by atoms with E-state index < -0.39 is 0 Å². The second kappa shape index (κ2) is 8.65. The molecule has 1 aliphatic heterocycles. The fraction of sp³-hybridized carbons (Fsp3) is 0.526. The van der Waals surface area contributed by atoms with Gasteiger partial charge in [-0.2, -0.15) is 0 Å². The molecule has 0 aromatic heterocycles. The molecule has 1 saturated heterocycles. The van der Waals surface area contributed by atoms with Crippen LogP contribution < -0.4 is 15.5 Å². The summed E-state index contributed by atoms with van der Waals surface area (Å²) in [6, 6.07) is 7.87. The van der Waals surface area contributed by atoms with Crippen molar-refractivity contribution in [3.63, 3.8) is 0 Å². The Morgan fingerprint density at radius 1 is 1.16 bits per heavy atom. The first-order valence-corrected chi connectivity index (χ1v) is 8.87. The number of anilines is 1. The van der Waals surface area contributed by atoms with Gasteiger partial charge in [0.25, 0.3) is 0 Å². The number of amides is 3. The first-order valence-electron chi connectivity index (χ1n) is 8.87. The van der Waals surface area contributed by atoms with E-state index in [0.717, 1.165) is 12.1 Å². The molecule has 1 heterocycles. The molecular formula is C19H27N3O3. The average Bonchev–Trinajstić information content (AvgIpc) is 3.00. The fourth-order valence-electron chi connectivity index (χ4n) is 2.76. The molecule has 1 atom stereocenters. The molecule has 6 nitrogen and oxygen atoms in total. The van der Waals surface area contributed by atoms with Crippen LogP contribution in [-0.2, 0) is 20.8 Å². The van der Waals surface area contributed by atoms with E-state index in [4.69, 9.17) is 0 Å². The molecule has 0 aliphatic carbocycles. The van der Waals surface area contributed by atoms with Gasteiger partial charge in [-0.1, -0.05) is 32.9 Å². The molecule has 136 valence electrons. The van der Waals surface area contributed by atoms with Crippen LogP contribution >= 0.6 is 0 Å². The van der Waals surface area contributed by atoms with Gasteiger partial charge < -0.3 is 15.5 Å². The number of nitrogens with one attached hydrogen (secondary N) is 2. The quantitative estimate of drug-likeness (QED) is 0.735. The third-order valence-electron chi connectivity index (χ3n) is 4.40. The predicted molar refractivity (Wildman–Crippen MR) is 97.1 cm³/mol. The standard InChI is InChI=1S/C19H27N3O3/c1-4-14-5-7-16(8-6-14)22-12-15(11-17(22)23)19(25)21-10-9-20-18(24)13(2)3/h5-8,13,15H,4,9-12H2,1-3H3,(H,20,24)(H,21,25)/t15-/m0/s1. The summed E-state index contributed by atoms with van der Waals surface area (Å²) in [6.07, 6.45) is 1.17. The van der Waals surface area contributed by atoms with Crippen LogP contribution in [0, 0.1) is 11.8 Å². The molecule has 0 unspecified atom stereocenters. The van der Waals surface area contributed by atoms with Gasteiger partial charge in [0.1, 0.15) is 0 Å². The molecular weight excluding hydrogens is 318 g/mol. The summed E-state index contributed by atoms with van der Waals surface area (Å²) in [6.45, 7) is 6.88. The molecule has 1 aromatic carbocycles. The lowest BCUT2D eigenvalue weighted by molar-refractivity contribution is -0.126. The molecule has 6 heteroatoms. The van der Waals surface area contributed by atoms with E-state index >= 15 is 0 Å². The largest absolute Gasteiger partial charge is 0.354 e. The van der Waals surface area contributed by atoms with Crippen molar-refractivity contribution in [1.29, 1.82) is 0 Å². The van der Waals surface area contributed by atoms with Gasteiger partial charge in [0, 0.05) is 37.7 Å². The van der Waals surface area contributed by atoms with Crippen molar-refractivity contribution in [1.82, 2.24) is 10.6 Å². The van der Waals surface area contributed by atoms with Crippen LogP contribution in [0.5, 0.6) is 0 Å². The Morgan fingerprint density at radius 3 is 2.40 bits per heavy atom. The molecule has 25 heavy (non-hydrogen) atoms. The maximum absolute atomic E-state index is 12.2. The highest BCUT2D eigenvalue weighted by Gasteiger charge is 2.34. The van der Waals surface area contributed by atoms with E-state index in [1.54, 1.807) is 4.90 Å². The molecule has 0 saturated carbocycles. The summed E-state index contributed by atoms with van der Waals surface area (Å²) < 4.78 is 0. The number of nitrogens with zero attached hydrogens (tertiary/aromatic N) is 1. The number of hydrogen-bond acceptors (Lipinski definition) is 3. The number of benzene rings is 1. The third kappa shape index (κ3) is 5.05. The first kappa shape index (κ1) is 19.0. The van der Waals surface area contributed by atoms with Crippen molar-refractivity contribution < 1.29 is 14.4 Å². The number of hydrogen-bond donors (Lipinski definition) is 2.